The van der Waals surface area contributed by atoms with Gasteiger partial charge in [-0.05, 0) is 18.6 Å². The Hall–Kier alpha value is -2.80. The van der Waals surface area contributed by atoms with Gasteiger partial charge in [0.15, 0.2) is 5.69 Å². The summed E-state index contributed by atoms with van der Waals surface area (Å²) in [4.78, 5) is 0.150. The Bertz CT molecular complexity index is 922. The van der Waals surface area contributed by atoms with E-state index in [9.17, 15) is 8.42 Å². The Kier molecular flexibility index (Phi) is 5.04. The van der Waals surface area contributed by atoms with Gasteiger partial charge >= 0.3 is 5.95 Å². The topological polar surface area (TPSA) is 81.4 Å². The summed E-state index contributed by atoms with van der Waals surface area (Å²) in [6.07, 6.45) is 0.756. The number of sulfonamides is 1. The molecule has 130 valence electrons. The maximum absolute atomic E-state index is 12.7. The molecule has 7 heteroatoms. The molecule has 25 heavy (non-hydrogen) atoms. The van der Waals surface area contributed by atoms with Crippen LogP contribution < -0.4 is 9.46 Å². The number of rotatable bonds is 7. The summed E-state index contributed by atoms with van der Waals surface area (Å²) in [6, 6.07) is 17.3. The second-order valence-electron chi connectivity index (χ2n) is 5.33. The molecule has 0 fully saturated rings. The molecule has 1 heterocycles. The lowest BCUT2D eigenvalue weighted by molar-refractivity contribution is 0.216. The smallest absolute Gasteiger partial charge is 0.336 e. The minimum absolute atomic E-state index is 0.0557. The first-order chi connectivity index (χ1) is 12.1. The van der Waals surface area contributed by atoms with E-state index in [0.29, 0.717) is 12.3 Å². The minimum Gasteiger partial charge on any atom is -0.462 e. The molecule has 0 unspecified atom stereocenters. The number of aromatic nitrogens is 1. The van der Waals surface area contributed by atoms with Crippen molar-refractivity contribution in [2.75, 3.05) is 11.3 Å². The number of nitrogens with zero attached hydrogens (tertiary/aromatic N) is 1. The van der Waals surface area contributed by atoms with E-state index < -0.39 is 10.0 Å². The molecule has 0 aliphatic rings. The van der Waals surface area contributed by atoms with Crippen LogP contribution in [0.2, 0.25) is 0 Å². The molecule has 0 atom stereocenters. The van der Waals surface area contributed by atoms with Crippen LogP contribution in [0, 0.1) is 0 Å². The summed E-state index contributed by atoms with van der Waals surface area (Å²) in [7, 11) is -3.79. The zero-order chi connectivity index (χ0) is 17.7. The normalized spacial score (nSPS) is 11.2. The van der Waals surface area contributed by atoms with Gasteiger partial charge in [0.05, 0.1) is 11.5 Å². The molecule has 2 aromatic carbocycles. The van der Waals surface area contributed by atoms with Crippen LogP contribution in [0.3, 0.4) is 0 Å². The molecule has 6 nitrogen and oxygen atoms in total. The maximum atomic E-state index is 12.7. The van der Waals surface area contributed by atoms with Gasteiger partial charge in [0.1, 0.15) is 5.69 Å². The molecule has 3 rings (SSSR count). The first kappa shape index (κ1) is 17.0. The van der Waals surface area contributed by atoms with Gasteiger partial charge in [-0.15, -0.1) is 0 Å². The van der Waals surface area contributed by atoms with E-state index in [1.54, 1.807) is 18.2 Å². The standard InChI is InChI=1S/C18H18N2O4S/c1-2-13-23-18-17(16(19-24-18)14-9-5-3-6-10-14)20-25(21,22)15-11-7-4-8-12-15/h3-12,20H,2,13H2,1H3. The molecule has 1 N–H and O–H groups in total. The molecule has 0 saturated carbocycles. The van der Waals surface area contributed by atoms with Crippen molar-refractivity contribution in [3.8, 4) is 17.2 Å². The van der Waals surface area contributed by atoms with Gasteiger partial charge in [0.2, 0.25) is 0 Å². The second kappa shape index (κ2) is 7.40. The third-order valence-corrected chi connectivity index (χ3v) is 4.80. The van der Waals surface area contributed by atoms with Crippen LogP contribution in [-0.4, -0.2) is 20.2 Å². The Morgan fingerprint density at radius 2 is 1.68 bits per heavy atom. The van der Waals surface area contributed by atoms with Crippen LogP contribution in [-0.2, 0) is 10.0 Å². The van der Waals surface area contributed by atoms with Gasteiger partial charge < -0.3 is 9.26 Å². The van der Waals surface area contributed by atoms with Gasteiger partial charge in [-0.2, -0.15) is 0 Å². The van der Waals surface area contributed by atoms with Crippen molar-refractivity contribution in [1.29, 1.82) is 0 Å². The van der Waals surface area contributed by atoms with Gasteiger partial charge in [0.25, 0.3) is 10.0 Å². The van der Waals surface area contributed by atoms with Crippen LogP contribution in [0.25, 0.3) is 11.3 Å². The molecular weight excluding hydrogens is 340 g/mol. The first-order valence-electron chi connectivity index (χ1n) is 7.87. The van der Waals surface area contributed by atoms with Crippen molar-refractivity contribution < 1.29 is 17.7 Å². The van der Waals surface area contributed by atoms with Crippen molar-refractivity contribution in [1.82, 2.24) is 5.16 Å². The van der Waals surface area contributed by atoms with Crippen molar-refractivity contribution >= 4 is 15.7 Å². The van der Waals surface area contributed by atoms with Crippen molar-refractivity contribution in [2.45, 2.75) is 18.2 Å². The van der Waals surface area contributed by atoms with Gasteiger partial charge in [-0.1, -0.05) is 60.6 Å². The maximum Gasteiger partial charge on any atom is 0.336 e. The summed E-state index contributed by atoms with van der Waals surface area (Å²) < 4.78 is 38.6. The largest absolute Gasteiger partial charge is 0.462 e. The number of nitrogens with one attached hydrogen (secondary N) is 1. The quantitative estimate of drug-likeness (QED) is 0.692. The van der Waals surface area contributed by atoms with Crippen LogP contribution >= 0.6 is 0 Å². The Morgan fingerprint density at radius 1 is 1.04 bits per heavy atom. The highest BCUT2D eigenvalue weighted by molar-refractivity contribution is 7.92. The minimum atomic E-state index is -3.79. The third-order valence-electron chi connectivity index (χ3n) is 3.44. The molecule has 1 aromatic heterocycles. The van der Waals surface area contributed by atoms with Crippen molar-refractivity contribution in [2.24, 2.45) is 0 Å². The molecule has 3 aromatic rings. The number of benzene rings is 2. The van der Waals surface area contributed by atoms with E-state index >= 15 is 0 Å². The van der Waals surface area contributed by atoms with Crippen molar-refractivity contribution in [3.63, 3.8) is 0 Å². The fraction of sp³-hybridized carbons (Fsp3) is 0.167. The molecule has 0 bridgehead atoms. The predicted molar refractivity (Wildman–Crippen MR) is 95.0 cm³/mol. The van der Waals surface area contributed by atoms with Gasteiger partial charge in [-0.25, -0.2) is 8.42 Å². The molecule has 0 radical (unpaired) electrons. The summed E-state index contributed by atoms with van der Waals surface area (Å²) in [5, 5.41) is 3.99. The molecule has 0 amide bonds. The van der Waals surface area contributed by atoms with Crippen LogP contribution in [0.5, 0.6) is 5.95 Å². The number of hydrogen-bond acceptors (Lipinski definition) is 5. The predicted octanol–water partition coefficient (Wildman–Crippen LogP) is 3.93. The van der Waals surface area contributed by atoms with E-state index in [-0.39, 0.29) is 16.5 Å². The average molecular weight is 358 g/mol. The number of ether oxygens (including phenoxy) is 1. The molecular formula is C18H18N2O4S. The van der Waals surface area contributed by atoms with E-state index in [1.165, 1.54) is 12.1 Å². The summed E-state index contributed by atoms with van der Waals surface area (Å²) in [6.45, 7) is 2.34. The highest BCUT2D eigenvalue weighted by atomic mass is 32.2. The zero-order valence-electron chi connectivity index (χ0n) is 13.7. The molecule has 0 spiro atoms. The third kappa shape index (κ3) is 3.83. The van der Waals surface area contributed by atoms with Crippen LogP contribution in [0.15, 0.2) is 70.1 Å². The van der Waals surface area contributed by atoms with Gasteiger partial charge in [0, 0.05) is 5.56 Å². The molecule has 0 saturated heterocycles. The van der Waals surface area contributed by atoms with E-state index in [4.69, 9.17) is 9.26 Å². The molecule has 0 aliphatic heterocycles. The highest BCUT2D eigenvalue weighted by Crippen LogP contribution is 2.37. The van der Waals surface area contributed by atoms with E-state index in [2.05, 4.69) is 9.88 Å². The first-order valence-corrected chi connectivity index (χ1v) is 9.36. The fourth-order valence-corrected chi connectivity index (χ4v) is 3.33. The monoisotopic (exact) mass is 358 g/mol. The SMILES string of the molecule is CCCOc1onc(-c2ccccc2)c1NS(=O)(=O)c1ccccc1. The Balaban J connectivity index is 2.02. The lowest BCUT2D eigenvalue weighted by Crippen LogP contribution is -2.14. The Labute approximate surface area is 146 Å². The van der Waals surface area contributed by atoms with Crippen LogP contribution in [0.4, 0.5) is 5.69 Å². The fourth-order valence-electron chi connectivity index (χ4n) is 2.24. The Morgan fingerprint density at radius 3 is 2.32 bits per heavy atom. The van der Waals surface area contributed by atoms with E-state index in [1.807, 2.05) is 37.3 Å². The molecule has 0 aliphatic carbocycles. The summed E-state index contributed by atoms with van der Waals surface area (Å²) >= 11 is 0. The summed E-state index contributed by atoms with van der Waals surface area (Å²) in [5.74, 6) is 0.0557. The zero-order valence-corrected chi connectivity index (χ0v) is 14.5. The highest BCUT2D eigenvalue weighted by Gasteiger charge is 2.24. The average Bonchev–Trinajstić information content (AvgIpc) is 3.03. The lowest BCUT2D eigenvalue weighted by atomic mass is 10.1. The van der Waals surface area contributed by atoms with Crippen molar-refractivity contribution in [3.05, 3.63) is 60.7 Å². The van der Waals surface area contributed by atoms with Gasteiger partial charge in [-0.3, -0.25) is 4.72 Å². The lowest BCUT2D eigenvalue weighted by Gasteiger charge is -2.09. The number of anilines is 1. The van der Waals surface area contributed by atoms with Crippen LogP contribution in [0.1, 0.15) is 13.3 Å². The summed E-state index contributed by atoms with van der Waals surface area (Å²) in [5.41, 5.74) is 1.30. The second-order valence-corrected chi connectivity index (χ2v) is 7.01. The number of hydrogen-bond donors (Lipinski definition) is 1. The van der Waals surface area contributed by atoms with E-state index in [0.717, 1.165) is 12.0 Å².